The predicted molar refractivity (Wildman–Crippen MR) is 56.8 cm³/mol. The Labute approximate surface area is 88.4 Å². The molecule has 0 unspecified atom stereocenters. The Morgan fingerprint density at radius 2 is 1.73 bits per heavy atom. The van der Waals surface area contributed by atoms with E-state index in [2.05, 4.69) is 5.16 Å². The van der Waals surface area contributed by atoms with Crippen molar-refractivity contribution in [2.45, 2.75) is 31.6 Å². The molecule has 0 spiro atoms. The Bertz CT molecular complexity index is 348. The molecule has 3 heteroatoms. The first-order chi connectivity index (χ1) is 7.29. The van der Waals surface area contributed by atoms with Gasteiger partial charge in [0.1, 0.15) is 5.82 Å². The quantitative estimate of drug-likeness (QED) is 0.556. The van der Waals surface area contributed by atoms with Crippen LogP contribution in [0.15, 0.2) is 29.4 Å². The van der Waals surface area contributed by atoms with E-state index in [9.17, 15) is 4.39 Å². The van der Waals surface area contributed by atoms with Crippen molar-refractivity contribution in [3.05, 3.63) is 35.6 Å². The summed E-state index contributed by atoms with van der Waals surface area (Å²) in [5, 5.41) is 11.9. The van der Waals surface area contributed by atoms with E-state index in [1.54, 1.807) is 0 Å². The van der Waals surface area contributed by atoms with Gasteiger partial charge in [-0.25, -0.2) is 4.39 Å². The normalized spacial score (nSPS) is 21.4. The van der Waals surface area contributed by atoms with Gasteiger partial charge in [-0.2, -0.15) is 0 Å². The van der Waals surface area contributed by atoms with E-state index in [0.29, 0.717) is 5.92 Å². The van der Waals surface area contributed by atoms with Crippen molar-refractivity contribution in [1.29, 1.82) is 0 Å². The van der Waals surface area contributed by atoms with E-state index in [-0.39, 0.29) is 5.82 Å². The first-order valence-electron chi connectivity index (χ1n) is 5.25. The highest BCUT2D eigenvalue weighted by Gasteiger charge is 2.19. The summed E-state index contributed by atoms with van der Waals surface area (Å²) < 4.78 is 12.7. The molecule has 80 valence electrons. The topological polar surface area (TPSA) is 32.6 Å². The van der Waals surface area contributed by atoms with Crippen LogP contribution in [0.3, 0.4) is 0 Å². The van der Waals surface area contributed by atoms with Crippen LogP contribution < -0.4 is 0 Å². The number of benzene rings is 1. The van der Waals surface area contributed by atoms with Crippen LogP contribution in [0, 0.1) is 5.82 Å². The van der Waals surface area contributed by atoms with Crippen molar-refractivity contribution in [2.24, 2.45) is 5.16 Å². The van der Waals surface area contributed by atoms with Gasteiger partial charge in [0, 0.05) is 0 Å². The maximum Gasteiger partial charge on any atom is 0.123 e. The molecule has 1 N–H and O–H groups in total. The van der Waals surface area contributed by atoms with Gasteiger partial charge in [0.25, 0.3) is 0 Å². The molecular weight excluding hydrogens is 193 g/mol. The Morgan fingerprint density at radius 3 is 2.27 bits per heavy atom. The first kappa shape index (κ1) is 10.1. The highest BCUT2D eigenvalue weighted by Crippen LogP contribution is 2.31. The predicted octanol–water partition coefficient (Wildman–Crippen LogP) is 3.31. The lowest BCUT2D eigenvalue weighted by Gasteiger charge is -2.22. The second kappa shape index (κ2) is 4.43. The molecule has 1 aromatic rings. The number of rotatable bonds is 1. The molecule has 0 saturated heterocycles. The highest BCUT2D eigenvalue weighted by molar-refractivity contribution is 5.84. The zero-order valence-electron chi connectivity index (χ0n) is 8.49. The molecule has 0 radical (unpaired) electrons. The maximum atomic E-state index is 12.7. The summed E-state index contributed by atoms with van der Waals surface area (Å²) in [5.74, 6) is 0.295. The van der Waals surface area contributed by atoms with Crippen LogP contribution in [-0.2, 0) is 0 Å². The molecule has 0 amide bonds. The summed E-state index contributed by atoms with van der Waals surface area (Å²) >= 11 is 0. The van der Waals surface area contributed by atoms with Crippen LogP contribution in [0.1, 0.15) is 37.2 Å². The Morgan fingerprint density at radius 1 is 1.13 bits per heavy atom. The van der Waals surface area contributed by atoms with E-state index in [1.165, 1.54) is 17.7 Å². The Kier molecular flexibility index (Phi) is 2.99. The van der Waals surface area contributed by atoms with Gasteiger partial charge in [-0.3, -0.25) is 0 Å². The van der Waals surface area contributed by atoms with E-state index in [4.69, 9.17) is 5.21 Å². The second-order valence-electron chi connectivity index (χ2n) is 3.99. The van der Waals surface area contributed by atoms with Crippen LogP contribution in [0.2, 0.25) is 0 Å². The molecule has 1 saturated carbocycles. The number of halogens is 1. The zero-order chi connectivity index (χ0) is 10.7. The van der Waals surface area contributed by atoms with Gasteiger partial charge in [0.05, 0.1) is 5.71 Å². The lowest BCUT2D eigenvalue weighted by Crippen LogP contribution is -2.12. The molecule has 1 aliphatic carbocycles. The average molecular weight is 207 g/mol. The van der Waals surface area contributed by atoms with Gasteiger partial charge >= 0.3 is 0 Å². The van der Waals surface area contributed by atoms with Gasteiger partial charge in [-0.05, 0) is 49.3 Å². The third-order valence-corrected chi connectivity index (χ3v) is 3.05. The monoisotopic (exact) mass is 207 g/mol. The molecule has 2 rings (SSSR count). The van der Waals surface area contributed by atoms with Crippen LogP contribution in [-0.4, -0.2) is 10.9 Å². The van der Waals surface area contributed by atoms with Gasteiger partial charge in [-0.1, -0.05) is 17.3 Å². The second-order valence-corrected chi connectivity index (χ2v) is 3.99. The Hall–Kier alpha value is -1.38. The molecule has 0 bridgehead atoms. The van der Waals surface area contributed by atoms with Crippen molar-refractivity contribution >= 4 is 5.71 Å². The summed E-state index contributed by atoms with van der Waals surface area (Å²) in [6.45, 7) is 0. The first-order valence-corrected chi connectivity index (χ1v) is 5.25. The molecular formula is C12H14FNO. The molecule has 1 fully saturated rings. The van der Waals surface area contributed by atoms with Crippen molar-refractivity contribution in [3.8, 4) is 0 Å². The highest BCUT2D eigenvalue weighted by atomic mass is 19.1. The summed E-state index contributed by atoms with van der Waals surface area (Å²) in [5.41, 5.74) is 2.07. The average Bonchev–Trinajstić information content (AvgIpc) is 2.30. The standard InChI is InChI=1S/C12H14FNO/c13-11-5-1-9(2-6-11)10-3-7-12(14-15)8-4-10/h1-2,5-6,10,15H,3-4,7-8H2. The number of hydrogen-bond acceptors (Lipinski definition) is 2. The zero-order valence-corrected chi connectivity index (χ0v) is 8.49. The summed E-state index contributed by atoms with van der Waals surface area (Å²) in [7, 11) is 0. The Balaban J connectivity index is 2.04. The lowest BCUT2D eigenvalue weighted by atomic mass is 9.83. The SMILES string of the molecule is ON=C1CCC(c2ccc(F)cc2)CC1. The minimum atomic E-state index is -0.188. The van der Waals surface area contributed by atoms with Gasteiger partial charge in [-0.15, -0.1) is 0 Å². The third kappa shape index (κ3) is 2.35. The summed E-state index contributed by atoms with van der Waals surface area (Å²) in [4.78, 5) is 0. The van der Waals surface area contributed by atoms with E-state index in [0.717, 1.165) is 31.4 Å². The molecule has 0 aromatic heterocycles. The van der Waals surface area contributed by atoms with E-state index >= 15 is 0 Å². The fourth-order valence-corrected chi connectivity index (χ4v) is 2.12. The van der Waals surface area contributed by atoms with Crippen molar-refractivity contribution in [2.75, 3.05) is 0 Å². The molecule has 0 atom stereocenters. The lowest BCUT2D eigenvalue weighted by molar-refractivity contribution is 0.313. The molecule has 1 aromatic carbocycles. The molecule has 2 nitrogen and oxygen atoms in total. The maximum absolute atomic E-state index is 12.7. The minimum Gasteiger partial charge on any atom is -0.411 e. The van der Waals surface area contributed by atoms with Crippen LogP contribution in [0.25, 0.3) is 0 Å². The molecule has 15 heavy (non-hydrogen) atoms. The van der Waals surface area contributed by atoms with Crippen molar-refractivity contribution in [3.63, 3.8) is 0 Å². The molecule has 0 heterocycles. The van der Waals surface area contributed by atoms with Crippen molar-refractivity contribution in [1.82, 2.24) is 0 Å². The fraction of sp³-hybridized carbons (Fsp3) is 0.417. The number of nitrogens with zero attached hydrogens (tertiary/aromatic N) is 1. The van der Waals surface area contributed by atoms with Crippen molar-refractivity contribution < 1.29 is 9.60 Å². The molecule has 0 aliphatic heterocycles. The van der Waals surface area contributed by atoms with E-state index < -0.39 is 0 Å². The van der Waals surface area contributed by atoms with E-state index in [1.807, 2.05) is 12.1 Å². The number of hydrogen-bond donors (Lipinski definition) is 1. The third-order valence-electron chi connectivity index (χ3n) is 3.05. The fourth-order valence-electron chi connectivity index (χ4n) is 2.12. The van der Waals surface area contributed by atoms with Crippen LogP contribution in [0.5, 0.6) is 0 Å². The number of oxime groups is 1. The molecule has 1 aliphatic rings. The van der Waals surface area contributed by atoms with Gasteiger partial charge in [0.15, 0.2) is 0 Å². The van der Waals surface area contributed by atoms with Gasteiger partial charge in [0.2, 0.25) is 0 Å². The smallest absolute Gasteiger partial charge is 0.123 e. The van der Waals surface area contributed by atoms with Crippen LogP contribution in [0.4, 0.5) is 4.39 Å². The summed E-state index contributed by atoms with van der Waals surface area (Å²) in [6.07, 6.45) is 3.67. The van der Waals surface area contributed by atoms with Crippen LogP contribution >= 0.6 is 0 Å². The minimum absolute atomic E-state index is 0.188. The largest absolute Gasteiger partial charge is 0.411 e. The summed E-state index contributed by atoms with van der Waals surface area (Å²) in [6, 6.07) is 6.71. The van der Waals surface area contributed by atoms with Gasteiger partial charge < -0.3 is 5.21 Å².